The highest BCUT2D eigenvalue weighted by Crippen LogP contribution is 2.31. The van der Waals surface area contributed by atoms with Gasteiger partial charge in [-0.1, -0.05) is 41.9 Å². The lowest BCUT2D eigenvalue weighted by Crippen LogP contribution is -2.33. The van der Waals surface area contributed by atoms with E-state index in [1.54, 1.807) is 6.07 Å². The largest absolute Gasteiger partial charge is 0.331 e. The fraction of sp³-hybridized carbons (Fsp3) is 0.235. The Morgan fingerprint density at radius 3 is 2.57 bits per heavy atom. The summed E-state index contributed by atoms with van der Waals surface area (Å²) in [6.45, 7) is 0.660. The fourth-order valence-electron chi connectivity index (χ4n) is 2.35. The third kappa shape index (κ3) is 3.58. The lowest BCUT2D eigenvalue weighted by molar-refractivity contribution is 0.0729. The van der Waals surface area contributed by atoms with E-state index in [1.165, 1.54) is 0 Å². The lowest BCUT2D eigenvalue weighted by atomic mass is 10.1. The highest BCUT2D eigenvalue weighted by molar-refractivity contribution is 14.1. The average Bonchev–Trinajstić information content (AvgIpc) is 3.32. The van der Waals surface area contributed by atoms with Gasteiger partial charge in [0.05, 0.1) is 5.56 Å². The van der Waals surface area contributed by atoms with Gasteiger partial charge in [0.15, 0.2) is 0 Å². The number of hydrogen-bond acceptors (Lipinski definition) is 1. The topological polar surface area (TPSA) is 20.3 Å². The van der Waals surface area contributed by atoms with Crippen molar-refractivity contribution in [3.05, 3.63) is 68.3 Å². The van der Waals surface area contributed by atoms with Crippen molar-refractivity contribution in [1.82, 2.24) is 4.90 Å². The van der Waals surface area contributed by atoms with Gasteiger partial charge in [-0.3, -0.25) is 4.79 Å². The molecule has 1 saturated carbocycles. The molecule has 0 radical (unpaired) electrons. The summed E-state index contributed by atoms with van der Waals surface area (Å²) in [4.78, 5) is 14.8. The van der Waals surface area contributed by atoms with E-state index >= 15 is 0 Å². The first kappa shape index (κ1) is 14.9. The van der Waals surface area contributed by atoms with Gasteiger partial charge in [0.1, 0.15) is 0 Å². The lowest BCUT2D eigenvalue weighted by Gasteiger charge is -2.23. The van der Waals surface area contributed by atoms with Gasteiger partial charge in [-0.05, 0) is 59.2 Å². The minimum Gasteiger partial charge on any atom is -0.331 e. The molecular formula is C17H15ClINO. The highest BCUT2D eigenvalue weighted by atomic mass is 127. The molecule has 0 aromatic heterocycles. The summed E-state index contributed by atoms with van der Waals surface area (Å²) in [7, 11) is 0. The monoisotopic (exact) mass is 411 g/mol. The van der Waals surface area contributed by atoms with Crippen LogP contribution in [0.15, 0.2) is 48.5 Å². The van der Waals surface area contributed by atoms with E-state index in [1.807, 2.05) is 35.2 Å². The molecule has 0 heterocycles. The number of nitrogens with zero attached hydrogens (tertiary/aromatic N) is 1. The van der Waals surface area contributed by atoms with Crippen LogP contribution in [-0.4, -0.2) is 16.8 Å². The second-order valence-corrected chi connectivity index (χ2v) is 6.87. The Morgan fingerprint density at radius 1 is 1.19 bits per heavy atom. The molecule has 2 aromatic carbocycles. The summed E-state index contributed by atoms with van der Waals surface area (Å²) >= 11 is 8.24. The fourth-order valence-corrected chi connectivity index (χ4v) is 3.09. The molecule has 0 N–H and O–H groups in total. The molecule has 21 heavy (non-hydrogen) atoms. The van der Waals surface area contributed by atoms with E-state index in [9.17, 15) is 4.79 Å². The van der Waals surface area contributed by atoms with Gasteiger partial charge >= 0.3 is 0 Å². The van der Waals surface area contributed by atoms with Gasteiger partial charge in [0, 0.05) is 21.2 Å². The Bertz CT molecular complexity index is 655. The Labute approximate surface area is 143 Å². The molecule has 108 valence electrons. The first-order valence-corrected chi connectivity index (χ1v) is 8.41. The Balaban J connectivity index is 1.87. The van der Waals surface area contributed by atoms with Crippen LogP contribution in [0.4, 0.5) is 0 Å². The maximum absolute atomic E-state index is 12.9. The highest BCUT2D eigenvalue weighted by Gasteiger charge is 2.33. The zero-order chi connectivity index (χ0) is 14.8. The predicted molar refractivity (Wildman–Crippen MR) is 93.5 cm³/mol. The van der Waals surface area contributed by atoms with Crippen LogP contribution in [0, 0.1) is 3.57 Å². The summed E-state index contributed by atoms with van der Waals surface area (Å²) in [6.07, 6.45) is 2.19. The second-order valence-electron chi connectivity index (χ2n) is 5.27. The Morgan fingerprint density at radius 2 is 1.90 bits per heavy atom. The molecule has 1 fully saturated rings. The SMILES string of the molecule is O=C(c1cc(Cl)ccc1I)N(Cc1ccccc1)C1CC1. The number of carbonyl (C=O) groups excluding carboxylic acids is 1. The van der Waals surface area contributed by atoms with Crippen LogP contribution in [0.3, 0.4) is 0 Å². The van der Waals surface area contributed by atoms with E-state index in [4.69, 9.17) is 11.6 Å². The van der Waals surface area contributed by atoms with Gasteiger partial charge in [-0.2, -0.15) is 0 Å². The zero-order valence-corrected chi connectivity index (χ0v) is 14.3. The van der Waals surface area contributed by atoms with Crippen LogP contribution in [0.1, 0.15) is 28.8 Å². The van der Waals surface area contributed by atoms with Crippen LogP contribution < -0.4 is 0 Å². The molecule has 0 unspecified atom stereocenters. The van der Waals surface area contributed by atoms with Crippen LogP contribution in [0.5, 0.6) is 0 Å². The van der Waals surface area contributed by atoms with E-state index in [0.717, 1.165) is 22.0 Å². The normalized spacial score (nSPS) is 14.0. The van der Waals surface area contributed by atoms with Gasteiger partial charge < -0.3 is 4.90 Å². The summed E-state index contributed by atoms with van der Waals surface area (Å²) in [5.41, 5.74) is 1.86. The van der Waals surface area contributed by atoms with Gasteiger partial charge in [0.25, 0.3) is 5.91 Å². The maximum Gasteiger partial charge on any atom is 0.255 e. The van der Waals surface area contributed by atoms with Crippen molar-refractivity contribution >= 4 is 40.1 Å². The van der Waals surface area contributed by atoms with Gasteiger partial charge in [0.2, 0.25) is 0 Å². The standard InChI is InChI=1S/C17H15ClINO/c18-13-6-9-16(19)15(10-13)17(21)20(14-7-8-14)11-12-4-2-1-3-5-12/h1-6,9-10,14H,7-8,11H2. The predicted octanol–water partition coefficient (Wildman–Crippen LogP) is 4.75. The molecule has 1 amide bonds. The van der Waals surface area contributed by atoms with E-state index in [0.29, 0.717) is 23.2 Å². The molecule has 3 rings (SSSR count). The summed E-state index contributed by atoms with van der Waals surface area (Å²) in [5.74, 6) is 0.0771. The number of amides is 1. The quantitative estimate of drug-likeness (QED) is 0.665. The minimum atomic E-state index is 0.0771. The van der Waals surface area contributed by atoms with Crippen LogP contribution >= 0.6 is 34.2 Å². The van der Waals surface area contributed by atoms with E-state index in [-0.39, 0.29) is 5.91 Å². The molecule has 0 saturated heterocycles. The molecule has 1 aliphatic carbocycles. The first-order valence-electron chi connectivity index (χ1n) is 6.95. The molecule has 0 spiro atoms. The number of carbonyl (C=O) groups is 1. The molecule has 0 atom stereocenters. The van der Waals surface area contributed by atoms with Gasteiger partial charge in [-0.25, -0.2) is 0 Å². The number of rotatable bonds is 4. The number of hydrogen-bond donors (Lipinski definition) is 0. The van der Waals surface area contributed by atoms with Crippen molar-refractivity contribution in [2.45, 2.75) is 25.4 Å². The molecular weight excluding hydrogens is 397 g/mol. The molecule has 1 aliphatic rings. The summed E-state index contributed by atoms with van der Waals surface area (Å²) in [6, 6.07) is 16.0. The summed E-state index contributed by atoms with van der Waals surface area (Å²) < 4.78 is 0.945. The smallest absolute Gasteiger partial charge is 0.255 e. The minimum absolute atomic E-state index is 0.0771. The third-order valence-corrected chi connectivity index (χ3v) is 4.78. The Kier molecular flexibility index (Phi) is 4.50. The van der Waals surface area contributed by atoms with Crippen molar-refractivity contribution < 1.29 is 4.79 Å². The third-order valence-electron chi connectivity index (χ3n) is 3.60. The van der Waals surface area contributed by atoms with Crippen LogP contribution in [0.2, 0.25) is 5.02 Å². The first-order chi connectivity index (χ1) is 10.1. The average molecular weight is 412 g/mol. The summed E-state index contributed by atoms with van der Waals surface area (Å²) in [5, 5.41) is 0.606. The van der Waals surface area contributed by atoms with Crippen molar-refractivity contribution in [2.24, 2.45) is 0 Å². The van der Waals surface area contributed by atoms with Crippen molar-refractivity contribution in [2.75, 3.05) is 0 Å². The van der Waals surface area contributed by atoms with Crippen molar-refractivity contribution in [3.63, 3.8) is 0 Å². The molecule has 2 nitrogen and oxygen atoms in total. The Hall–Kier alpha value is -1.07. The van der Waals surface area contributed by atoms with Crippen molar-refractivity contribution in [3.8, 4) is 0 Å². The van der Waals surface area contributed by atoms with E-state index in [2.05, 4.69) is 34.7 Å². The number of halogens is 2. The molecule has 2 aromatic rings. The zero-order valence-electron chi connectivity index (χ0n) is 11.4. The van der Waals surface area contributed by atoms with Gasteiger partial charge in [-0.15, -0.1) is 0 Å². The number of benzene rings is 2. The van der Waals surface area contributed by atoms with Crippen LogP contribution in [-0.2, 0) is 6.54 Å². The molecule has 0 bridgehead atoms. The molecule has 0 aliphatic heterocycles. The molecule has 4 heteroatoms. The van der Waals surface area contributed by atoms with Crippen LogP contribution in [0.25, 0.3) is 0 Å². The maximum atomic E-state index is 12.9. The van der Waals surface area contributed by atoms with E-state index < -0.39 is 0 Å². The van der Waals surface area contributed by atoms with Crippen molar-refractivity contribution in [1.29, 1.82) is 0 Å². The second kappa shape index (κ2) is 6.36.